The van der Waals surface area contributed by atoms with Gasteiger partial charge in [0.15, 0.2) is 0 Å². The molecule has 5 amide bonds. The van der Waals surface area contributed by atoms with E-state index in [1.54, 1.807) is 0 Å². The summed E-state index contributed by atoms with van der Waals surface area (Å²) in [4.78, 5) is 30.8. The van der Waals surface area contributed by atoms with Crippen LogP contribution in [0.2, 0.25) is 0 Å². The molecule has 0 bridgehead atoms. The van der Waals surface area contributed by atoms with Crippen molar-refractivity contribution in [2.24, 2.45) is 24.8 Å². The molecular weight excluding hydrogens is 308 g/mol. The zero-order valence-electron chi connectivity index (χ0n) is 8.69. The minimum Gasteiger partial charge on any atom is -0.349 e. The van der Waals surface area contributed by atoms with Crippen LogP contribution in [0.1, 0.15) is 0 Å². The summed E-state index contributed by atoms with van der Waals surface area (Å²) in [5.41, 5.74) is 4.29. The highest BCUT2D eigenvalue weighted by molar-refractivity contribution is 7.62. The van der Waals surface area contributed by atoms with Crippen molar-refractivity contribution >= 4 is 39.0 Å². The van der Waals surface area contributed by atoms with Gasteiger partial charge in [0.25, 0.3) is 5.91 Å². The minimum atomic E-state index is -2.88. The molecule has 104 valence electrons. The van der Waals surface area contributed by atoms with Crippen molar-refractivity contribution in [2.45, 2.75) is 0 Å². The number of imide groups is 1. The van der Waals surface area contributed by atoms with Crippen molar-refractivity contribution in [2.75, 3.05) is 6.54 Å². The first-order valence-electron chi connectivity index (χ1n) is 3.90. The Morgan fingerprint density at radius 1 is 1.16 bits per heavy atom. The van der Waals surface area contributed by atoms with Crippen molar-refractivity contribution in [1.82, 2.24) is 5.01 Å². The zero-order chi connectivity index (χ0) is 15.0. The number of hydrogen-bond acceptors (Lipinski definition) is 9. The molecule has 1 heterocycles. The SMILES string of the molecule is NC(=O)N=S(=O)=O.O=C1CN=NN1C(=O)N=S(=O)=O. The van der Waals surface area contributed by atoms with Crippen molar-refractivity contribution in [3.05, 3.63) is 0 Å². The van der Waals surface area contributed by atoms with Crippen LogP contribution in [0.15, 0.2) is 19.1 Å². The first-order valence-corrected chi connectivity index (χ1v) is 5.96. The maximum absolute atomic E-state index is 10.7. The molecule has 0 saturated carbocycles. The highest BCUT2D eigenvalue weighted by Crippen LogP contribution is 2.03. The summed E-state index contributed by atoms with van der Waals surface area (Å²) >= 11 is 0. The normalized spacial score (nSPS) is 12.2. The fourth-order valence-corrected chi connectivity index (χ4v) is 0.945. The lowest BCUT2D eigenvalue weighted by molar-refractivity contribution is -0.124. The molecule has 0 fully saturated rings. The van der Waals surface area contributed by atoms with Crippen LogP contribution in [0.5, 0.6) is 0 Å². The van der Waals surface area contributed by atoms with E-state index in [9.17, 15) is 31.2 Å². The molecule has 0 unspecified atom stereocenters. The highest BCUT2D eigenvalue weighted by Gasteiger charge is 2.25. The number of urea groups is 2. The summed E-state index contributed by atoms with van der Waals surface area (Å²) in [5, 5.41) is 6.54. The van der Waals surface area contributed by atoms with Gasteiger partial charge in [-0.2, -0.15) is 21.9 Å². The van der Waals surface area contributed by atoms with Gasteiger partial charge in [-0.1, -0.05) is 13.9 Å². The quantitative estimate of drug-likeness (QED) is 0.561. The van der Waals surface area contributed by atoms with E-state index < -0.39 is 39.0 Å². The van der Waals surface area contributed by atoms with E-state index in [0.29, 0.717) is 0 Å². The van der Waals surface area contributed by atoms with Crippen LogP contribution in [-0.2, 0) is 25.8 Å². The number of nitrogens with two attached hydrogens (primary N) is 1. The Hall–Kier alpha value is -2.55. The molecule has 0 aliphatic carbocycles. The molecule has 13 nitrogen and oxygen atoms in total. The molecule has 1 aliphatic heterocycles. The van der Waals surface area contributed by atoms with Crippen LogP contribution in [0.25, 0.3) is 0 Å². The highest BCUT2D eigenvalue weighted by atomic mass is 32.2. The molecule has 0 atom stereocenters. The van der Waals surface area contributed by atoms with Gasteiger partial charge in [0.2, 0.25) is 0 Å². The summed E-state index contributed by atoms with van der Waals surface area (Å²) in [6.45, 7) is -0.257. The zero-order valence-corrected chi connectivity index (χ0v) is 10.3. The molecular formula is C4H4N6O7S2. The smallest absolute Gasteiger partial charge is 0.349 e. The van der Waals surface area contributed by atoms with Crippen LogP contribution in [0, 0.1) is 0 Å². The van der Waals surface area contributed by atoms with Crippen molar-refractivity contribution in [3.63, 3.8) is 0 Å². The maximum atomic E-state index is 10.7. The third-order valence-electron chi connectivity index (χ3n) is 1.09. The lowest BCUT2D eigenvalue weighted by atomic mass is 10.6. The Morgan fingerprint density at radius 3 is 1.95 bits per heavy atom. The van der Waals surface area contributed by atoms with Gasteiger partial charge >= 0.3 is 33.1 Å². The van der Waals surface area contributed by atoms with E-state index in [4.69, 9.17) is 0 Å². The first kappa shape index (κ1) is 16.4. The number of nitrogens with zero attached hydrogens (tertiary/aromatic N) is 5. The topological polar surface area (TPSA) is 198 Å². The number of amides is 5. The Bertz CT molecular complexity index is 671. The Balaban J connectivity index is 0.000000399. The van der Waals surface area contributed by atoms with Crippen molar-refractivity contribution < 1.29 is 31.2 Å². The third-order valence-corrected chi connectivity index (χ3v) is 1.73. The van der Waals surface area contributed by atoms with Gasteiger partial charge < -0.3 is 5.73 Å². The second kappa shape index (κ2) is 7.71. The molecule has 0 saturated heterocycles. The van der Waals surface area contributed by atoms with E-state index in [-0.39, 0.29) is 11.6 Å². The van der Waals surface area contributed by atoms with Gasteiger partial charge in [-0.25, -0.2) is 9.59 Å². The Labute approximate surface area is 107 Å². The average molecular weight is 312 g/mol. The Kier molecular flexibility index (Phi) is 6.68. The summed E-state index contributed by atoms with van der Waals surface area (Å²) in [6.07, 6.45) is 0. The second-order valence-corrected chi connectivity index (χ2v) is 3.57. The number of carbonyl (C=O) groups is 3. The number of rotatable bonds is 0. The number of hydrogen-bond donors (Lipinski definition) is 1. The standard InChI is InChI=1S/C3H2N4O4S.CH2N2O3S/c8-2-1-4-6-7(2)3(9)5-12(10)11;2-1(4)3-7(5)6/h1H2;(H2,2,4). The molecule has 1 aliphatic rings. The molecule has 2 N–H and O–H groups in total. The molecule has 19 heavy (non-hydrogen) atoms. The molecule has 0 radical (unpaired) electrons. The van der Waals surface area contributed by atoms with Gasteiger partial charge in [-0.15, -0.1) is 5.01 Å². The second-order valence-electron chi connectivity index (χ2n) is 2.33. The van der Waals surface area contributed by atoms with Gasteiger partial charge in [0.1, 0.15) is 6.54 Å². The van der Waals surface area contributed by atoms with E-state index >= 15 is 0 Å². The van der Waals surface area contributed by atoms with Gasteiger partial charge in [0.05, 0.1) is 0 Å². The van der Waals surface area contributed by atoms with Gasteiger partial charge in [-0.3, -0.25) is 4.79 Å². The van der Waals surface area contributed by atoms with E-state index in [2.05, 4.69) is 24.8 Å². The van der Waals surface area contributed by atoms with Crippen molar-refractivity contribution in [1.29, 1.82) is 0 Å². The number of primary amides is 1. The lowest BCUT2D eigenvalue weighted by Crippen LogP contribution is -2.27. The van der Waals surface area contributed by atoms with E-state index in [0.717, 1.165) is 0 Å². The fraction of sp³-hybridized carbons (Fsp3) is 0.250. The summed E-state index contributed by atoms with van der Waals surface area (Å²) < 4.78 is 43.3. The van der Waals surface area contributed by atoms with Crippen molar-refractivity contribution in [3.8, 4) is 0 Å². The van der Waals surface area contributed by atoms with Crippen LogP contribution < -0.4 is 5.73 Å². The monoisotopic (exact) mass is 312 g/mol. The maximum Gasteiger partial charge on any atom is 0.387 e. The molecule has 0 aromatic carbocycles. The third kappa shape index (κ3) is 7.39. The van der Waals surface area contributed by atoms with E-state index in [1.807, 2.05) is 0 Å². The largest absolute Gasteiger partial charge is 0.387 e. The predicted octanol–water partition coefficient (Wildman–Crippen LogP) is -1.49. The van der Waals surface area contributed by atoms with Crippen LogP contribution in [-0.4, -0.2) is 46.4 Å². The summed E-state index contributed by atoms with van der Waals surface area (Å²) in [7, 11) is -5.57. The molecule has 1 rings (SSSR count). The molecule has 0 aromatic heterocycles. The molecule has 0 spiro atoms. The Morgan fingerprint density at radius 2 is 1.68 bits per heavy atom. The number of carbonyl (C=O) groups excluding carboxylic acids is 3. The van der Waals surface area contributed by atoms with E-state index in [1.165, 1.54) is 0 Å². The predicted molar refractivity (Wildman–Crippen MR) is 54.2 cm³/mol. The molecule has 0 aromatic rings. The average Bonchev–Trinajstić information content (AvgIpc) is 2.61. The van der Waals surface area contributed by atoms with Crippen LogP contribution in [0.4, 0.5) is 9.59 Å². The summed E-state index contributed by atoms with van der Waals surface area (Å²) in [6, 6.07) is -2.46. The minimum absolute atomic E-state index is 0.257. The first-order chi connectivity index (χ1) is 8.73. The molecule has 15 heteroatoms. The lowest BCUT2D eigenvalue weighted by Gasteiger charge is -1.99. The van der Waals surface area contributed by atoms with Gasteiger partial charge in [-0.05, 0) is 0 Å². The van der Waals surface area contributed by atoms with Gasteiger partial charge in [0, 0.05) is 0 Å². The summed E-state index contributed by atoms with van der Waals surface area (Å²) in [5.74, 6) is -0.700. The fourth-order valence-electron chi connectivity index (χ4n) is 0.593. The van der Waals surface area contributed by atoms with Crippen LogP contribution >= 0.6 is 0 Å². The van der Waals surface area contributed by atoms with Crippen LogP contribution in [0.3, 0.4) is 0 Å².